The van der Waals surface area contributed by atoms with E-state index in [1.54, 1.807) is 4.90 Å². The summed E-state index contributed by atoms with van der Waals surface area (Å²) in [6, 6.07) is -0.135. The number of rotatable bonds is 2. The summed E-state index contributed by atoms with van der Waals surface area (Å²) in [4.78, 5) is 13.5. The fraction of sp³-hybridized carbons (Fsp3) is 0.909. The number of aliphatic hydroxyl groups excluding tert-OH is 1. The van der Waals surface area contributed by atoms with Gasteiger partial charge in [0.1, 0.15) is 0 Å². The molecule has 0 bridgehead atoms. The summed E-state index contributed by atoms with van der Waals surface area (Å²) in [5, 5.41) is 11.8. The van der Waals surface area contributed by atoms with E-state index in [-0.39, 0.29) is 23.7 Å². The van der Waals surface area contributed by atoms with Crippen molar-refractivity contribution < 1.29 is 9.90 Å². The van der Waals surface area contributed by atoms with Crippen LogP contribution in [-0.4, -0.2) is 40.3 Å². The maximum atomic E-state index is 11.9. The van der Waals surface area contributed by atoms with Crippen LogP contribution in [0.1, 0.15) is 41.5 Å². The lowest BCUT2D eigenvalue weighted by Gasteiger charge is -2.37. The Morgan fingerprint density at radius 2 is 1.67 bits per heavy atom. The summed E-state index contributed by atoms with van der Waals surface area (Å²) in [6.07, 6.45) is 0. The van der Waals surface area contributed by atoms with Crippen LogP contribution in [0.15, 0.2) is 0 Å². The Bertz CT molecular complexity index is 214. The van der Waals surface area contributed by atoms with E-state index in [9.17, 15) is 4.79 Å². The molecule has 0 fully saturated rings. The summed E-state index contributed by atoms with van der Waals surface area (Å²) in [5.74, 6) is 0. The molecule has 0 aliphatic heterocycles. The number of amides is 2. The first-order valence-corrected chi connectivity index (χ1v) is 5.28. The van der Waals surface area contributed by atoms with Gasteiger partial charge in [-0.05, 0) is 41.5 Å². The van der Waals surface area contributed by atoms with E-state index >= 15 is 0 Å². The molecule has 0 unspecified atom stereocenters. The van der Waals surface area contributed by atoms with E-state index in [1.165, 1.54) is 0 Å². The molecule has 2 amide bonds. The van der Waals surface area contributed by atoms with Gasteiger partial charge < -0.3 is 15.3 Å². The number of carbonyl (C=O) groups excluding carboxylic acids is 1. The van der Waals surface area contributed by atoms with Crippen LogP contribution < -0.4 is 5.32 Å². The number of hydrogen-bond acceptors (Lipinski definition) is 2. The van der Waals surface area contributed by atoms with E-state index in [0.717, 1.165) is 0 Å². The minimum Gasteiger partial charge on any atom is -0.395 e. The monoisotopic (exact) mass is 216 g/mol. The van der Waals surface area contributed by atoms with E-state index < -0.39 is 0 Å². The van der Waals surface area contributed by atoms with Crippen molar-refractivity contribution in [1.29, 1.82) is 0 Å². The van der Waals surface area contributed by atoms with Gasteiger partial charge in [0.15, 0.2) is 0 Å². The smallest absolute Gasteiger partial charge is 0.318 e. The lowest BCUT2D eigenvalue weighted by molar-refractivity contribution is 0.118. The predicted octanol–water partition coefficient (Wildman–Crippen LogP) is 1.59. The Kier molecular flexibility index (Phi) is 4.59. The van der Waals surface area contributed by atoms with Crippen molar-refractivity contribution in [2.45, 2.75) is 52.6 Å². The average molecular weight is 216 g/mol. The Hall–Kier alpha value is -0.770. The number of carbonyl (C=O) groups is 1. The van der Waals surface area contributed by atoms with Crippen LogP contribution in [0, 0.1) is 0 Å². The second-order valence-electron chi connectivity index (χ2n) is 5.73. The molecule has 0 aliphatic rings. The molecule has 0 aromatic heterocycles. The maximum absolute atomic E-state index is 11.9. The minimum absolute atomic E-state index is 0.0190. The fourth-order valence-electron chi connectivity index (χ4n) is 1.23. The highest BCUT2D eigenvalue weighted by molar-refractivity contribution is 5.75. The Morgan fingerprint density at radius 3 is 1.93 bits per heavy atom. The number of urea groups is 1. The second-order valence-corrected chi connectivity index (χ2v) is 5.73. The van der Waals surface area contributed by atoms with Crippen molar-refractivity contribution in [3.05, 3.63) is 0 Å². The molecule has 0 aliphatic carbocycles. The van der Waals surface area contributed by atoms with Gasteiger partial charge in [-0.3, -0.25) is 0 Å². The summed E-state index contributed by atoms with van der Waals surface area (Å²) in [7, 11) is 0. The first-order valence-electron chi connectivity index (χ1n) is 5.28. The number of β-amino-alcohol motifs (C(OH)–C–C–N with tert-alkyl or cyclic N) is 1. The van der Waals surface area contributed by atoms with E-state index in [4.69, 9.17) is 5.11 Å². The van der Waals surface area contributed by atoms with Gasteiger partial charge in [0.05, 0.1) is 6.61 Å². The van der Waals surface area contributed by atoms with Gasteiger partial charge in [0.25, 0.3) is 0 Å². The highest BCUT2D eigenvalue weighted by atomic mass is 16.3. The summed E-state index contributed by atoms with van der Waals surface area (Å²) in [5.41, 5.74) is -0.534. The van der Waals surface area contributed by atoms with E-state index in [2.05, 4.69) is 5.32 Å². The quantitative estimate of drug-likeness (QED) is 0.736. The Labute approximate surface area is 92.7 Å². The second kappa shape index (κ2) is 4.84. The number of aliphatic hydroxyl groups is 1. The summed E-state index contributed by atoms with van der Waals surface area (Å²) >= 11 is 0. The Morgan fingerprint density at radius 1 is 1.20 bits per heavy atom. The average Bonchev–Trinajstić information content (AvgIpc) is 1.93. The highest BCUT2D eigenvalue weighted by Crippen LogP contribution is 2.14. The van der Waals surface area contributed by atoms with Crippen LogP contribution in [0.25, 0.3) is 0 Å². The van der Waals surface area contributed by atoms with Gasteiger partial charge in [0.2, 0.25) is 0 Å². The van der Waals surface area contributed by atoms with Gasteiger partial charge in [0, 0.05) is 17.6 Å². The third-order valence-corrected chi connectivity index (χ3v) is 1.86. The van der Waals surface area contributed by atoms with Crippen LogP contribution in [-0.2, 0) is 0 Å². The van der Waals surface area contributed by atoms with Crippen LogP contribution in [0.4, 0.5) is 4.79 Å². The van der Waals surface area contributed by atoms with Crippen LogP contribution in [0.3, 0.4) is 0 Å². The zero-order valence-corrected chi connectivity index (χ0v) is 10.7. The molecule has 0 aromatic carbocycles. The van der Waals surface area contributed by atoms with Crippen molar-refractivity contribution >= 4 is 6.03 Å². The zero-order chi connectivity index (χ0) is 12.3. The molecule has 0 atom stereocenters. The SMILES string of the molecule is CC(C)(C)NC(=O)N(CCO)C(C)(C)C. The molecular formula is C11H24N2O2. The standard InChI is InChI=1S/C11H24N2O2/c1-10(2,3)12-9(15)13(7-8-14)11(4,5)6/h14H,7-8H2,1-6H3,(H,12,15). The predicted molar refractivity (Wildman–Crippen MR) is 61.8 cm³/mol. The first-order chi connectivity index (χ1) is 6.58. The molecule has 15 heavy (non-hydrogen) atoms. The molecule has 0 saturated carbocycles. The van der Waals surface area contributed by atoms with Crippen molar-refractivity contribution in [2.75, 3.05) is 13.2 Å². The molecule has 0 saturated heterocycles. The highest BCUT2D eigenvalue weighted by Gasteiger charge is 2.27. The van der Waals surface area contributed by atoms with Crippen LogP contribution >= 0.6 is 0 Å². The van der Waals surface area contributed by atoms with Crippen molar-refractivity contribution in [2.24, 2.45) is 0 Å². The molecule has 0 spiro atoms. The lowest BCUT2D eigenvalue weighted by atomic mass is 10.1. The molecule has 0 aromatic rings. The van der Waals surface area contributed by atoms with Gasteiger partial charge in [-0.1, -0.05) is 0 Å². The molecule has 0 radical (unpaired) electrons. The molecule has 4 heteroatoms. The van der Waals surface area contributed by atoms with Crippen LogP contribution in [0.5, 0.6) is 0 Å². The molecule has 2 N–H and O–H groups in total. The van der Waals surface area contributed by atoms with Gasteiger partial charge in [-0.15, -0.1) is 0 Å². The van der Waals surface area contributed by atoms with Crippen molar-refractivity contribution in [1.82, 2.24) is 10.2 Å². The summed E-state index contributed by atoms with van der Waals surface area (Å²) < 4.78 is 0. The van der Waals surface area contributed by atoms with Crippen molar-refractivity contribution in [3.8, 4) is 0 Å². The van der Waals surface area contributed by atoms with E-state index in [1.807, 2.05) is 41.5 Å². The number of nitrogens with one attached hydrogen (secondary N) is 1. The fourth-order valence-corrected chi connectivity index (χ4v) is 1.23. The van der Waals surface area contributed by atoms with E-state index in [0.29, 0.717) is 6.54 Å². The molecular weight excluding hydrogens is 192 g/mol. The normalized spacial score (nSPS) is 12.5. The van der Waals surface area contributed by atoms with Gasteiger partial charge >= 0.3 is 6.03 Å². The first kappa shape index (κ1) is 14.2. The van der Waals surface area contributed by atoms with Gasteiger partial charge in [-0.25, -0.2) is 4.79 Å². The Balaban J connectivity index is 4.58. The van der Waals surface area contributed by atoms with Gasteiger partial charge in [-0.2, -0.15) is 0 Å². The topological polar surface area (TPSA) is 52.6 Å². The zero-order valence-electron chi connectivity index (χ0n) is 10.7. The van der Waals surface area contributed by atoms with Crippen molar-refractivity contribution in [3.63, 3.8) is 0 Å². The molecule has 90 valence electrons. The molecule has 4 nitrogen and oxygen atoms in total. The largest absolute Gasteiger partial charge is 0.395 e. The lowest BCUT2D eigenvalue weighted by Crippen LogP contribution is -2.55. The third kappa shape index (κ3) is 5.62. The van der Waals surface area contributed by atoms with Crippen LogP contribution in [0.2, 0.25) is 0 Å². The number of hydrogen-bond donors (Lipinski definition) is 2. The third-order valence-electron chi connectivity index (χ3n) is 1.86. The number of nitrogens with zero attached hydrogens (tertiary/aromatic N) is 1. The summed E-state index contributed by atoms with van der Waals surface area (Å²) in [6.45, 7) is 12.0. The maximum Gasteiger partial charge on any atom is 0.318 e. The minimum atomic E-state index is -0.280. The molecule has 0 rings (SSSR count). The molecule has 0 heterocycles.